The lowest BCUT2D eigenvalue weighted by atomic mass is 10.1. The van der Waals surface area contributed by atoms with Crippen LogP contribution in [0.3, 0.4) is 0 Å². The number of pyridine rings is 1. The smallest absolute Gasteiger partial charge is 0.213 e. The van der Waals surface area contributed by atoms with Gasteiger partial charge in [0, 0.05) is 18.7 Å². The first-order chi connectivity index (χ1) is 9.20. The number of likely N-dealkylation sites (tertiary alicyclic amines) is 1. The van der Waals surface area contributed by atoms with Gasteiger partial charge in [0.15, 0.2) is 0 Å². The first-order valence-corrected chi connectivity index (χ1v) is 7.21. The second-order valence-electron chi connectivity index (χ2n) is 5.02. The Morgan fingerprint density at radius 1 is 1.53 bits per heavy atom. The molecule has 1 aromatic heterocycles. The molecule has 0 spiro atoms. The van der Waals surface area contributed by atoms with Gasteiger partial charge in [-0.1, -0.05) is 11.6 Å². The third kappa shape index (κ3) is 4.06. The minimum Gasteiger partial charge on any atom is -0.478 e. The van der Waals surface area contributed by atoms with Gasteiger partial charge in [-0.05, 0) is 46.0 Å². The van der Waals surface area contributed by atoms with Gasteiger partial charge in [-0.2, -0.15) is 0 Å². The predicted octanol–water partition coefficient (Wildman–Crippen LogP) is 2.32. The molecule has 1 aliphatic heterocycles. The van der Waals surface area contributed by atoms with E-state index in [1.807, 2.05) is 19.2 Å². The number of nitrogens with zero attached hydrogens (tertiary/aromatic N) is 2. The van der Waals surface area contributed by atoms with Crippen molar-refractivity contribution in [2.24, 2.45) is 0 Å². The fraction of sp³-hybridized carbons (Fsp3) is 0.643. The summed E-state index contributed by atoms with van der Waals surface area (Å²) in [5.41, 5.74) is 0.833. The first kappa shape index (κ1) is 14.6. The van der Waals surface area contributed by atoms with Gasteiger partial charge in [0.2, 0.25) is 5.88 Å². The van der Waals surface area contributed by atoms with Crippen LogP contribution >= 0.6 is 11.6 Å². The molecule has 0 amide bonds. The molecule has 0 aliphatic carbocycles. The molecular weight excluding hydrogens is 262 g/mol. The lowest BCUT2D eigenvalue weighted by Gasteiger charge is -2.19. The molecule has 4 nitrogen and oxygen atoms in total. The Bertz CT molecular complexity index is 414. The Balaban J connectivity index is 1.83. The summed E-state index contributed by atoms with van der Waals surface area (Å²) in [5.74, 6) is 0.662. The van der Waals surface area contributed by atoms with Gasteiger partial charge in [-0.3, -0.25) is 0 Å². The van der Waals surface area contributed by atoms with Crippen LogP contribution in [0.5, 0.6) is 5.88 Å². The fourth-order valence-electron chi connectivity index (χ4n) is 2.48. The van der Waals surface area contributed by atoms with Crippen molar-refractivity contribution < 1.29 is 4.74 Å². The van der Waals surface area contributed by atoms with E-state index >= 15 is 0 Å². The van der Waals surface area contributed by atoms with Crippen molar-refractivity contribution in [1.29, 1.82) is 0 Å². The highest BCUT2D eigenvalue weighted by Gasteiger charge is 2.20. The third-order valence-electron chi connectivity index (χ3n) is 3.61. The average Bonchev–Trinajstić information content (AvgIpc) is 2.79. The maximum Gasteiger partial charge on any atom is 0.213 e. The van der Waals surface area contributed by atoms with Crippen LogP contribution in [0.1, 0.15) is 25.0 Å². The van der Waals surface area contributed by atoms with E-state index in [-0.39, 0.29) is 0 Å². The van der Waals surface area contributed by atoms with Crippen molar-refractivity contribution in [2.75, 3.05) is 27.2 Å². The molecule has 1 saturated heterocycles. The van der Waals surface area contributed by atoms with E-state index in [2.05, 4.69) is 22.2 Å². The van der Waals surface area contributed by atoms with Crippen LogP contribution in [0, 0.1) is 0 Å². The average molecular weight is 284 g/mol. The van der Waals surface area contributed by atoms with Crippen molar-refractivity contribution in [1.82, 2.24) is 15.2 Å². The van der Waals surface area contributed by atoms with Gasteiger partial charge in [-0.25, -0.2) is 4.98 Å². The molecule has 1 atom stereocenters. The monoisotopic (exact) mass is 283 g/mol. The summed E-state index contributed by atoms with van der Waals surface area (Å²) in [6.45, 7) is 2.57. The van der Waals surface area contributed by atoms with E-state index in [9.17, 15) is 0 Å². The number of rotatable bonds is 6. The molecule has 5 heteroatoms. The molecular formula is C14H22ClN3O. The predicted molar refractivity (Wildman–Crippen MR) is 77.8 cm³/mol. The minimum absolute atomic E-state index is 0.654. The molecule has 1 aromatic rings. The summed E-state index contributed by atoms with van der Waals surface area (Å²) in [7, 11) is 4.06. The van der Waals surface area contributed by atoms with Crippen LogP contribution in [0.4, 0.5) is 0 Å². The number of hydrogen-bond donors (Lipinski definition) is 1. The molecule has 1 aliphatic rings. The number of halogens is 1. The zero-order chi connectivity index (χ0) is 13.7. The third-order valence-corrected chi connectivity index (χ3v) is 3.95. The van der Waals surface area contributed by atoms with Gasteiger partial charge in [-0.15, -0.1) is 0 Å². The summed E-state index contributed by atoms with van der Waals surface area (Å²) >= 11 is 6.07. The van der Waals surface area contributed by atoms with E-state index in [0.717, 1.165) is 12.1 Å². The maximum atomic E-state index is 6.07. The second-order valence-corrected chi connectivity index (χ2v) is 5.43. The molecule has 0 saturated carbocycles. The van der Waals surface area contributed by atoms with E-state index < -0.39 is 0 Å². The Morgan fingerprint density at radius 2 is 2.37 bits per heavy atom. The number of hydrogen-bond acceptors (Lipinski definition) is 4. The van der Waals surface area contributed by atoms with Crippen molar-refractivity contribution in [3.05, 3.63) is 22.8 Å². The first-order valence-electron chi connectivity index (χ1n) is 6.83. The Hall–Kier alpha value is -0.840. The van der Waals surface area contributed by atoms with Gasteiger partial charge in [0.05, 0.1) is 17.3 Å². The summed E-state index contributed by atoms with van der Waals surface area (Å²) in [4.78, 5) is 6.82. The van der Waals surface area contributed by atoms with E-state index in [1.54, 1.807) is 0 Å². The molecule has 1 N–H and O–H groups in total. The molecule has 2 rings (SSSR count). The zero-order valence-electron chi connectivity index (χ0n) is 11.7. The summed E-state index contributed by atoms with van der Waals surface area (Å²) in [6, 6.07) is 4.34. The number of ether oxygens (including phenoxy) is 1. The number of aromatic nitrogens is 1. The van der Waals surface area contributed by atoms with Crippen molar-refractivity contribution in [2.45, 2.75) is 31.8 Å². The van der Waals surface area contributed by atoms with Crippen LogP contribution in [-0.4, -0.2) is 43.2 Å². The quantitative estimate of drug-likeness (QED) is 0.869. The normalized spacial score (nSPS) is 19.8. The highest BCUT2D eigenvalue weighted by Crippen LogP contribution is 2.20. The summed E-state index contributed by atoms with van der Waals surface area (Å²) in [6.07, 6.45) is 3.63. The number of nitrogens with one attached hydrogen (secondary N) is 1. The highest BCUT2D eigenvalue weighted by molar-refractivity contribution is 6.31. The van der Waals surface area contributed by atoms with Gasteiger partial charge in [0.25, 0.3) is 0 Å². The van der Waals surface area contributed by atoms with Crippen LogP contribution in [-0.2, 0) is 6.54 Å². The Morgan fingerprint density at radius 3 is 3.05 bits per heavy atom. The minimum atomic E-state index is 0.654. The van der Waals surface area contributed by atoms with Crippen LogP contribution < -0.4 is 10.1 Å². The molecule has 2 heterocycles. The summed E-state index contributed by atoms with van der Waals surface area (Å²) < 4.78 is 5.73. The zero-order valence-corrected chi connectivity index (χ0v) is 12.4. The lowest BCUT2D eigenvalue weighted by molar-refractivity contribution is 0.228. The molecule has 1 fully saturated rings. The van der Waals surface area contributed by atoms with Gasteiger partial charge >= 0.3 is 0 Å². The second kappa shape index (κ2) is 7.08. The van der Waals surface area contributed by atoms with Crippen LogP contribution in [0.25, 0.3) is 0 Å². The lowest BCUT2D eigenvalue weighted by Crippen LogP contribution is -2.26. The van der Waals surface area contributed by atoms with Gasteiger partial charge in [0.1, 0.15) is 0 Å². The molecule has 1 unspecified atom stereocenters. The molecule has 19 heavy (non-hydrogen) atoms. The van der Waals surface area contributed by atoms with E-state index in [0.29, 0.717) is 30.1 Å². The topological polar surface area (TPSA) is 37.4 Å². The van der Waals surface area contributed by atoms with E-state index in [4.69, 9.17) is 16.3 Å². The largest absolute Gasteiger partial charge is 0.478 e. The maximum absolute atomic E-state index is 6.07. The molecule has 0 bridgehead atoms. The molecule has 0 aromatic carbocycles. The van der Waals surface area contributed by atoms with Crippen molar-refractivity contribution in [3.63, 3.8) is 0 Å². The Kier molecular flexibility index (Phi) is 5.43. The Labute approximate surface area is 120 Å². The van der Waals surface area contributed by atoms with Gasteiger partial charge < -0.3 is 15.0 Å². The standard InChI is InChI=1S/C14H22ClN3O/c1-16-10-13-12(15)5-6-14(17-13)19-9-7-11-4-3-8-18(11)2/h5-6,11,16H,3-4,7-10H2,1-2H3. The van der Waals surface area contributed by atoms with E-state index in [1.165, 1.54) is 19.4 Å². The molecule has 106 valence electrons. The molecule has 0 radical (unpaired) electrons. The van der Waals surface area contributed by atoms with Crippen LogP contribution in [0.15, 0.2) is 12.1 Å². The van der Waals surface area contributed by atoms with Crippen LogP contribution in [0.2, 0.25) is 5.02 Å². The highest BCUT2D eigenvalue weighted by atomic mass is 35.5. The van der Waals surface area contributed by atoms with Crippen molar-refractivity contribution in [3.8, 4) is 5.88 Å². The summed E-state index contributed by atoms with van der Waals surface area (Å²) in [5, 5.41) is 3.73. The fourth-order valence-corrected chi connectivity index (χ4v) is 2.65. The SMILES string of the molecule is CNCc1nc(OCCC2CCCN2C)ccc1Cl. The van der Waals surface area contributed by atoms with Crippen molar-refractivity contribution >= 4 is 11.6 Å².